The molecule has 2 atom stereocenters. The Hall–Kier alpha value is -3.42. The van der Waals surface area contributed by atoms with Crippen LogP contribution in [0.1, 0.15) is 57.6 Å². The summed E-state index contributed by atoms with van der Waals surface area (Å²) in [5.41, 5.74) is 0.698. The Balaban J connectivity index is 1.46. The average Bonchev–Trinajstić information content (AvgIpc) is 2.91. The summed E-state index contributed by atoms with van der Waals surface area (Å²) in [6.07, 6.45) is 4.80. The summed E-state index contributed by atoms with van der Waals surface area (Å²) in [7, 11) is 1.58. The van der Waals surface area contributed by atoms with Crippen LogP contribution in [-0.4, -0.2) is 66.7 Å². The molecule has 0 N–H and O–H groups in total. The molecule has 5 rings (SSSR count). The van der Waals surface area contributed by atoms with Crippen molar-refractivity contribution in [1.82, 2.24) is 9.80 Å². The smallest absolute Gasteiger partial charge is 0.250 e. The molecule has 198 valence electrons. The molecule has 0 radical (unpaired) electrons. The first-order valence-corrected chi connectivity index (χ1v) is 13.3. The fraction of sp³-hybridized carbons (Fsp3) is 0.517. The molecule has 1 saturated carbocycles. The quantitative estimate of drug-likeness (QED) is 0.553. The van der Waals surface area contributed by atoms with Gasteiger partial charge in [-0.15, -0.1) is 0 Å². The first-order chi connectivity index (χ1) is 17.9. The van der Waals surface area contributed by atoms with Gasteiger partial charge in [-0.25, -0.2) is 0 Å². The number of hydrogen-bond donors (Lipinski definition) is 0. The molecule has 2 aromatic rings. The van der Waals surface area contributed by atoms with Gasteiger partial charge in [0.25, 0.3) is 5.91 Å². The van der Waals surface area contributed by atoms with Gasteiger partial charge in [0.2, 0.25) is 5.91 Å². The molecule has 2 aromatic carbocycles. The lowest BCUT2D eigenvalue weighted by Crippen LogP contribution is -2.60. The summed E-state index contributed by atoms with van der Waals surface area (Å²) in [5, 5.41) is 0. The van der Waals surface area contributed by atoms with Crippen LogP contribution in [-0.2, 0) is 9.59 Å². The van der Waals surface area contributed by atoms with Crippen LogP contribution in [0.3, 0.4) is 0 Å². The zero-order valence-electron chi connectivity index (χ0n) is 21.9. The van der Waals surface area contributed by atoms with Crippen molar-refractivity contribution >= 4 is 11.8 Å². The number of methoxy groups -OCH3 is 1. The number of rotatable bonds is 7. The summed E-state index contributed by atoms with van der Waals surface area (Å²) in [6, 6.07) is 12.3. The number of hydrogen-bond acceptors (Lipinski definition) is 6. The van der Waals surface area contributed by atoms with E-state index in [1.165, 1.54) is 6.42 Å². The van der Waals surface area contributed by atoms with Gasteiger partial charge in [0.1, 0.15) is 19.2 Å². The number of nitrogens with zero attached hydrogens (tertiary/aromatic N) is 2. The Bertz CT molecular complexity index is 1130. The van der Waals surface area contributed by atoms with E-state index in [4.69, 9.17) is 18.9 Å². The number of amides is 2. The van der Waals surface area contributed by atoms with Crippen LogP contribution in [0.25, 0.3) is 0 Å². The molecular formula is C29H36N2O6. The van der Waals surface area contributed by atoms with E-state index in [9.17, 15) is 9.59 Å². The molecule has 3 aliphatic rings. The van der Waals surface area contributed by atoms with E-state index in [2.05, 4.69) is 0 Å². The Morgan fingerprint density at radius 3 is 2.49 bits per heavy atom. The zero-order valence-corrected chi connectivity index (χ0v) is 21.9. The Labute approximate surface area is 218 Å². The molecule has 1 saturated heterocycles. The maximum absolute atomic E-state index is 14.1. The highest BCUT2D eigenvalue weighted by Gasteiger charge is 2.44. The van der Waals surface area contributed by atoms with Gasteiger partial charge >= 0.3 is 0 Å². The van der Waals surface area contributed by atoms with Crippen molar-refractivity contribution in [2.75, 3.05) is 26.8 Å². The molecule has 8 nitrogen and oxygen atoms in total. The minimum absolute atomic E-state index is 0.0257. The van der Waals surface area contributed by atoms with Crippen LogP contribution < -0.4 is 18.9 Å². The topological polar surface area (TPSA) is 77.5 Å². The highest BCUT2D eigenvalue weighted by atomic mass is 16.6. The molecule has 0 bridgehead atoms. The molecule has 2 aliphatic heterocycles. The molecule has 37 heavy (non-hydrogen) atoms. The van der Waals surface area contributed by atoms with Crippen LogP contribution in [0.2, 0.25) is 0 Å². The number of piperazine rings is 1. The van der Waals surface area contributed by atoms with Crippen LogP contribution >= 0.6 is 0 Å². The van der Waals surface area contributed by atoms with E-state index in [1.807, 2.05) is 56.3 Å². The van der Waals surface area contributed by atoms with Crippen LogP contribution in [0, 0.1) is 0 Å². The molecule has 2 unspecified atom stereocenters. The molecule has 0 aromatic heterocycles. The van der Waals surface area contributed by atoms with Crippen molar-refractivity contribution < 1.29 is 28.5 Å². The lowest BCUT2D eigenvalue weighted by Gasteiger charge is -2.45. The van der Waals surface area contributed by atoms with Crippen molar-refractivity contribution in [3.05, 3.63) is 48.0 Å². The van der Waals surface area contributed by atoms with Crippen molar-refractivity contribution in [2.45, 2.75) is 70.2 Å². The maximum atomic E-state index is 14.1. The molecule has 2 heterocycles. The van der Waals surface area contributed by atoms with Crippen molar-refractivity contribution in [3.8, 4) is 23.0 Å². The Kier molecular flexibility index (Phi) is 7.44. The fourth-order valence-electron chi connectivity index (χ4n) is 5.56. The van der Waals surface area contributed by atoms with Gasteiger partial charge in [-0.1, -0.05) is 37.5 Å². The number of fused-ring (bicyclic) bond motifs is 1. The third-order valence-corrected chi connectivity index (χ3v) is 7.30. The van der Waals surface area contributed by atoms with E-state index in [0.717, 1.165) is 25.7 Å². The summed E-state index contributed by atoms with van der Waals surface area (Å²) in [6.45, 7) is 4.54. The molecule has 8 heteroatoms. The van der Waals surface area contributed by atoms with Crippen molar-refractivity contribution in [1.29, 1.82) is 0 Å². The van der Waals surface area contributed by atoms with Crippen LogP contribution in [0.5, 0.6) is 23.0 Å². The Morgan fingerprint density at radius 2 is 1.76 bits per heavy atom. The van der Waals surface area contributed by atoms with Gasteiger partial charge in [-0.05, 0) is 56.5 Å². The fourth-order valence-corrected chi connectivity index (χ4v) is 5.56. The molecule has 0 spiro atoms. The minimum atomic E-state index is -0.772. The van der Waals surface area contributed by atoms with E-state index < -0.39 is 6.04 Å². The van der Waals surface area contributed by atoms with Gasteiger partial charge in [0, 0.05) is 6.04 Å². The molecule has 2 amide bonds. The van der Waals surface area contributed by atoms with E-state index >= 15 is 0 Å². The van der Waals surface area contributed by atoms with E-state index in [1.54, 1.807) is 16.9 Å². The number of benzene rings is 2. The number of para-hydroxylation sites is 2. The average molecular weight is 509 g/mol. The summed E-state index contributed by atoms with van der Waals surface area (Å²) in [5.74, 6) is 2.33. The number of carbonyl (C=O) groups is 2. The van der Waals surface area contributed by atoms with Crippen molar-refractivity contribution in [2.24, 2.45) is 0 Å². The highest BCUT2D eigenvalue weighted by Crippen LogP contribution is 2.38. The van der Waals surface area contributed by atoms with E-state index in [-0.39, 0.29) is 43.2 Å². The predicted molar refractivity (Wildman–Crippen MR) is 138 cm³/mol. The number of carbonyl (C=O) groups excluding carboxylic acids is 2. The molecular weight excluding hydrogens is 472 g/mol. The third kappa shape index (κ3) is 5.33. The minimum Gasteiger partial charge on any atom is -0.493 e. The highest BCUT2D eigenvalue weighted by molar-refractivity contribution is 5.96. The second-order valence-corrected chi connectivity index (χ2v) is 10.3. The summed E-state index contributed by atoms with van der Waals surface area (Å²) >= 11 is 0. The van der Waals surface area contributed by atoms with Gasteiger partial charge in [-0.2, -0.15) is 0 Å². The summed E-state index contributed by atoms with van der Waals surface area (Å²) < 4.78 is 23.6. The lowest BCUT2D eigenvalue weighted by molar-refractivity contribution is -0.160. The molecule has 2 fully saturated rings. The third-order valence-electron chi connectivity index (χ3n) is 7.30. The normalized spacial score (nSPS) is 22.4. The zero-order chi connectivity index (χ0) is 25.9. The predicted octanol–water partition coefficient (Wildman–Crippen LogP) is 4.37. The number of ether oxygens (including phenoxy) is 4. The van der Waals surface area contributed by atoms with Crippen LogP contribution in [0.15, 0.2) is 42.5 Å². The van der Waals surface area contributed by atoms with Gasteiger partial charge in [0.15, 0.2) is 29.1 Å². The second-order valence-electron chi connectivity index (χ2n) is 10.3. The first kappa shape index (κ1) is 25.2. The lowest BCUT2D eigenvalue weighted by atomic mass is 9.91. The van der Waals surface area contributed by atoms with Gasteiger partial charge < -0.3 is 28.7 Å². The first-order valence-electron chi connectivity index (χ1n) is 13.3. The second kappa shape index (κ2) is 10.9. The monoisotopic (exact) mass is 508 g/mol. The summed E-state index contributed by atoms with van der Waals surface area (Å²) in [4.78, 5) is 31.2. The molecule has 1 aliphatic carbocycles. The van der Waals surface area contributed by atoms with Crippen molar-refractivity contribution in [3.63, 3.8) is 0 Å². The standard InChI is InChI=1S/C29H36N2O6/c1-19(2)36-25-14-13-20(15-26(25)34-3)28-29(33)30(21-9-5-4-6-10-21)17-27(32)31(28)16-22-18-35-23-11-7-8-12-24(23)37-22/h7-8,11-15,19,21-22,28H,4-6,9-10,16-18H2,1-3H3. The van der Waals surface area contributed by atoms with Gasteiger partial charge in [-0.3, -0.25) is 9.59 Å². The van der Waals surface area contributed by atoms with E-state index in [0.29, 0.717) is 35.2 Å². The maximum Gasteiger partial charge on any atom is 0.250 e. The Morgan fingerprint density at radius 1 is 1.00 bits per heavy atom. The van der Waals surface area contributed by atoms with Crippen LogP contribution in [0.4, 0.5) is 0 Å². The SMILES string of the molecule is COc1cc(C2C(=O)N(C3CCCCC3)CC(=O)N2CC2COc3ccccc3O2)ccc1OC(C)C. The van der Waals surface area contributed by atoms with Gasteiger partial charge in [0.05, 0.1) is 19.8 Å². The largest absolute Gasteiger partial charge is 0.493 e.